The molecule has 28 heavy (non-hydrogen) atoms. The second-order valence-corrected chi connectivity index (χ2v) is 7.81. The molecule has 0 saturated carbocycles. The van der Waals surface area contributed by atoms with E-state index in [1.54, 1.807) is 4.68 Å². The number of hydrogen-bond donors (Lipinski definition) is 2. The summed E-state index contributed by atoms with van der Waals surface area (Å²) in [6.07, 6.45) is 3.62. The van der Waals surface area contributed by atoms with E-state index in [-0.39, 0.29) is 24.5 Å². The Bertz CT molecular complexity index is 671. The number of rotatable bonds is 9. The quantitative estimate of drug-likeness (QED) is 0.613. The predicted octanol–water partition coefficient (Wildman–Crippen LogP) is 1.27. The average molecular weight is 394 g/mol. The van der Waals surface area contributed by atoms with Gasteiger partial charge in [0.1, 0.15) is 6.54 Å². The van der Waals surface area contributed by atoms with Gasteiger partial charge in [-0.1, -0.05) is 6.42 Å². The third kappa shape index (κ3) is 6.31. The van der Waals surface area contributed by atoms with Gasteiger partial charge in [-0.15, -0.1) is 0 Å². The number of amides is 1. The second kappa shape index (κ2) is 10.6. The van der Waals surface area contributed by atoms with Gasteiger partial charge in [0, 0.05) is 43.4 Å². The van der Waals surface area contributed by atoms with Crippen molar-refractivity contribution < 1.29 is 14.3 Å². The number of carbonyl (C=O) groups is 2. The fourth-order valence-electron chi connectivity index (χ4n) is 3.69. The number of hydrogen-bond acceptors (Lipinski definition) is 6. The summed E-state index contributed by atoms with van der Waals surface area (Å²) in [4.78, 5) is 26.2. The van der Waals surface area contributed by atoms with Crippen molar-refractivity contribution >= 4 is 11.9 Å². The fraction of sp³-hybridized carbons (Fsp3) is 0.750. The van der Waals surface area contributed by atoms with Crippen LogP contribution in [0.3, 0.4) is 0 Å². The van der Waals surface area contributed by atoms with Crippen molar-refractivity contribution in [2.45, 2.75) is 78.6 Å². The first kappa shape index (κ1) is 22.4. The standard InChI is InChI=1S/C20H35N5O3/c1-14(2)28-20(27)13-25-16(4)18(15(3)23-25)12-24-10-6-5-7-17(24)11-22-19(26)8-9-21/h14,17H,5-13,21H2,1-4H3,(H,22,26). The van der Waals surface area contributed by atoms with Crippen molar-refractivity contribution in [3.05, 3.63) is 17.0 Å². The van der Waals surface area contributed by atoms with E-state index in [1.807, 2.05) is 27.7 Å². The third-order valence-corrected chi connectivity index (χ3v) is 5.19. The molecule has 1 atom stereocenters. The normalized spacial score (nSPS) is 17.7. The van der Waals surface area contributed by atoms with Gasteiger partial charge in [-0.05, 0) is 47.1 Å². The van der Waals surface area contributed by atoms with E-state index in [1.165, 1.54) is 6.42 Å². The molecule has 0 aromatic carbocycles. The Balaban J connectivity index is 2.03. The molecule has 1 unspecified atom stereocenters. The lowest BCUT2D eigenvalue weighted by Gasteiger charge is -2.36. The van der Waals surface area contributed by atoms with Crippen molar-refractivity contribution in [3.63, 3.8) is 0 Å². The Hall–Kier alpha value is -1.93. The lowest BCUT2D eigenvalue weighted by atomic mass is 10.0. The van der Waals surface area contributed by atoms with Crippen LogP contribution in [-0.2, 0) is 27.4 Å². The minimum Gasteiger partial charge on any atom is -0.462 e. The van der Waals surface area contributed by atoms with Crippen LogP contribution in [-0.4, -0.2) is 58.3 Å². The molecule has 1 aliphatic rings. The van der Waals surface area contributed by atoms with E-state index >= 15 is 0 Å². The Morgan fingerprint density at radius 1 is 1.32 bits per heavy atom. The van der Waals surface area contributed by atoms with E-state index in [2.05, 4.69) is 15.3 Å². The minimum absolute atomic E-state index is 0.0110. The lowest BCUT2D eigenvalue weighted by Crippen LogP contribution is -2.46. The summed E-state index contributed by atoms with van der Waals surface area (Å²) in [5.74, 6) is -0.262. The maximum atomic E-state index is 12.0. The van der Waals surface area contributed by atoms with Gasteiger partial charge in [0.25, 0.3) is 0 Å². The number of likely N-dealkylation sites (tertiary alicyclic amines) is 1. The molecule has 0 radical (unpaired) electrons. The van der Waals surface area contributed by atoms with Crippen molar-refractivity contribution in [1.82, 2.24) is 20.0 Å². The zero-order valence-electron chi connectivity index (χ0n) is 17.7. The van der Waals surface area contributed by atoms with Gasteiger partial charge in [0.15, 0.2) is 0 Å². The molecule has 8 nitrogen and oxygen atoms in total. The van der Waals surface area contributed by atoms with Crippen LogP contribution < -0.4 is 11.1 Å². The predicted molar refractivity (Wildman–Crippen MR) is 108 cm³/mol. The molecule has 1 aromatic heterocycles. The summed E-state index contributed by atoms with van der Waals surface area (Å²) in [6, 6.07) is 0.309. The minimum atomic E-state index is -0.273. The van der Waals surface area contributed by atoms with Crippen molar-refractivity contribution in [3.8, 4) is 0 Å². The van der Waals surface area contributed by atoms with Gasteiger partial charge in [-0.2, -0.15) is 5.10 Å². The van der Waals surface area contributed by atoms with Crippen LogP contribution in [0, 0.1) is 13.8 Å². The van der Waals surface area contributed by atoms with E-state index in [0.717, 1.165) is 42.9 Å². The Morgan fingerprint density at radius 2 is 2.07 bits per heavy atom. The zero-order valence-corrected chi connectivity index (χ0v) is 17.7. The first-order chi connectivity index (χ1) is 13.3. The SMILES string of the molecule is Cc1nn(CC(=O)OC(C)C)c(C)c1CN1CCCCC1CNC(=O)CCN. The van der Waals surface area contributed by atoms with Crippen LogP contribution in [0.2, 0.25) is 0 Å². The van der Waals surface area contributed by atoms with E-state index < -0.39 is 0 Å². The largest absolute Gasteiger partial charge is 0.462 e. The Kier molecular flexibility index (Phi) is 8.44. The number of aromatic nitrogens is 2. The van der Waals surface area contributed by atoms with Crippen LogP contribution in [0.15, 0.2) is 0 Å². The molecule has 2 heterocycles. The summed E-state index contributed by atoms with van der Waals surface area (Å²) in [6.45, 7) is 10.6. The van der Waals surface area contributed by atoms with Gasteiger partial charge in [0.2, 0.25) is 5.91 Å². The number of ether oxygens (including phenoxy) is 1. The Labute approximate surface area is 167 Å². The summed E-state index contributed by atoms with van der Waals surface area (Å²) in [5.41, 5.74) is 8.53. The van der Waals surface area contributed by atoms with Gasteiger partial charge in [-0.3, -0.25) is 19.2 Å². The molecule has 1 aliphatic heterocycles. The smallest absolute Gasteiger partial charge is 0.328 e. The van der Waals surface area contributed by atoms with Crippen LogP contribution in [0.25, 0.3) is 0 Å². The molecule has 0 bridgehead atoms. The first-order valence-corrected chi connectivity index (χ1v) is 10.2. The number of nitrogens with two attached hydrogens (primary N) is 1. The molecule has 1 saturated heterocycles. The fourth-order valence-corrected chi connectivity index (χ4v) is 3.69. The molecule has 3 N–H and O–H groups in total. The maximum absolute atomic E-state index is 12.0. The molecule has 158 valence electrons. The van der Waals surface area contributed by atoms with E-state index in [4.69, 9.17) is 10.5 Å². The number of esters is 1. The van der Waals surface area contributed by atoms with Crippen molar-refractivity contribution in [2.75, 3.05) is 19.6 Å². The Morgan fingerprint density at radius 3 is 2.75 bits per heavy atom. The highest BCUT2D eigenvalue weighted by atomic mass is 16.5. The number of nitrogens with one attached hydrogen (secondary N) is 1. The summed E-state index contributed by atoms with van der Waals surface area (Å²) < 4.78 is 6.97. The third-order valence-electron chi connectivity index (χ3n) is 5.19. The highest BCUT2D eigenvalue weighted by Gasteiger charge is 2.25. The summed E-state index contributed by atoms with van der Waals surface area (Å²) >= 11 is 0. The van der Waals surface area contributed by atoms with Gasteiger partial charge in [-0.25, -0.2) is 0 Å². The molecule has 8 heteroatoms. The monoisotopic (exact) mass is 393 g/mol. The van der Waals surface area contributed by atoms with Crippen molar-refractivity contribution in [1.29, 1.82) is 0 Å². The highest BCUT2D eigenvalue weighted by Crippen LogP contribution is 2.22. The highest BCUT2D eigenvalue weighted by molar-refractivity contribution is 5.76. The lowest BCUT2D eigenvalue weighted by molar-refractivity contribution is -0.148. The molecule has 0 aliphatic carbocycles. The van der Waals surface area contributed by atoms with Gasteiger partial charge >= 0.3 is 5.97 Å². The number of carbonyl (C=O) groups excluding carboxylic acids is 2. The number of aryl methyl sites for hydroxylation is 1. The summed E-state index contributed by atoms with van der Waals surface area (Å²) in [5, 5.41) is 7.56. The second-order valence-electron chi connectivity index (χ2n) is 7.81. The van der Waals surface area contributed by atoms with Crippen LogP contribution >= 0.6 is 0 Å². The van der Waals surface area contributed by atoms with Gasteiger partial charge < -0.3 is 15.8 Å². The molecule has 0 spiro atoms. The first-order valence-electron chi connectivity index (χ1n) is 10.2. The van der Waals surface area contributed by atoms with E-state index in [0.29, 0.717) is 25.6 Å². The average Bonchev–Trinajstić information content (AvgIpc) is 2.88. The zero-order chi connectivity index (χ0) is 20.7. The molecular weight excluding hydrogens is 358 g/mol. The van der Waals surface area contributed by atoms with Crippen LogP contribution in [0.4, 0.5) is 0 Å². The maximum Gasteiger partial charge on any atom is 0.328 e. The number of nitrogens with zero attached hydrogens (tertiary/aromatic N) is 3. The molecule has 1 amide bonds. The number of piperidine rings is 1. The van der Waals surface area contributed by atoms with Crippen LogP contribution in [0.5, 0.6) is 0 Å². The van der Waals surface area contributed by atoms with Crippen LogP contribution in [0.1, 0.15) is 56.5 Å². The van der Waals surface area contributed by atoms with Crippen molar-refractivity contribution in [2.24, 2.45) is 5.73 Å². The topological polar surface area (TPSA) is 102 Å². The molecule has 1 aromatic rings. The van der Waals surface area contributed by atoms with Gasteiger partial charge in [0.05, 0.1) is 11.8 Å². The van der Waals surface area contributed by atoms with E-state index in [9.17, 15) is 9.59 Å². The molecule has 1 fully saturated rings. The molecular formula is C20H35N5O3. The summed E-state index contributed by atoms with van der Waals surface area (Å²) in [7, 11) is 0. The molecule has 2 rings (SSSR count).